The first kappa shape index (κ1) is 13.0. The summed E-state index contributed by atoms with van der Waals surface area (Å²) < 4.78 is 0. The Morgan fingerprint density at radius 2 is 2.06 bits per heavy atom. The summed E-state index contributed by atoms with van der Waals surface area (Å²) in [6.07, 6.45) is 1.97. The third-order valence-electron chi connectivity index (χ3n) is 2.88. The van der Waals surface area contributed by atoms with Crippen LogP contribution in [0.5, 0.6) is 0 Å². The van der Waals surface area contributed by atoms with Crippen molar-refractivity contribution in [3.63, 3.8) is 0 Å². The summed E-state index contributed by atoms with van der Waals surface area (Å²) in [6, 6.07) is 10.1. The number of hydrogen-bond acceptors (Lipinski definition) is 4. The van der Waals surface area contributed by atoms with Crippen LogP contribution in [0.25, 0.3) is 10.9 Å². The van der Waals surface area contributed by atoms with E-state index in [4.69, 9.17) is 5.11 Å². The lowest BCUT2D eigenvalue weighted by Crippen LogP contribution is -2.30. The summed E-state index contributed by atoms with van der Waals surface area (Å²) in [5.74, 6) is 0. The van der Waals surface area contributed by atoms with E-state index >= 15 is 0 Å². The Kier molecular flexibility index (Phi) is 4.64. The number of rotatable bonds is 6. The Labute approximate surface area is 106 Å². The maximum Gasteiger partial charge on any atom is 0.0894 e. The highest BCUT2D eigenvalue weighted by Gasteiger charge is 2.03. The molecule has 0 bridgehead atoms. The zero-order valence-electron chi connectivity index (χ0n) is 10.2. The minimum absolute atomic E-state index is 0.206. The van der Waals surface area contributed by atoms with Crippen molar-refractivity contribution in [1.82, 2.24) is 10.3 Å². The van der Waals surface area contributed by atoms with Crippen molar-refractivity contribution >= 4 is 10.9 Å². The van der Waals surface area contributed by atoms with E-state index in [1.54, 1.807) is 6.20 Å². The van der Waals surface area contributed by atoms with Gasteiger partial charge in [-0.15, -0.1) is 0 Å². The smallest absolute Gasteiger partial charge is 0.0894 e. The maximum atomic E-state index is 9.20. The molecule has 2 aromatic rings. The number of aromatic nitrogens is 1. The van der Waals surface area contributed by atoms with Crippen molar-refractivity contribution in [2.75, 3.05) is 19.7 Å². The van der Waals surface area contributed by atoms with Gasteiger partial charge in [-0.1, -0.05) is 24.3 Å². The first-order valence-electron chi connectivity index (χ1n) is 6.13. The number of fused-ring (bicyclic) bond motifs is 1. The zero-order valence-corrected chi connectivity index (χ0v) is 10.2. The third-order valence-corrected chi connectivity index (χ3v) is 2.88. The maximum absolute atomic E-state index is 9.20. The van der Waals surface area contributed by atoms with Crippen LogP contribution in [0.15, 0.2) is 36.5 Å². The van der Waals surface area contributed by atoms with E-state index in [0.717, 1.165) is 23.9 Å². The van der Waals surface area contributed by atoms with Gasteiger partial charge >= 0.3 is 0 Å². The van der Waals surface area contributed by atoms with Crippen LogP contribution < -0.4 is 5.32 Å². The second kappa shape index (κ2) is 6.44. The molecule has 3 N–H and O–H groups in total. The number of pyridine rings is 1. The molecule has 0 fully saturated rings. The number of nitrogens with one attached hydrogen (secondary N) is 1. The van der Waals surface area contributed by atoms with Crippen LogP contribution in [0.4, 0.5) is 0 Å². The number of aliphatic hydroxyl groups is 2. The van der Waals surface area contributed by atoms with Gasteiger partial charge in [0, 0.05) is 18.1 Å². The van der Waals surface area contributed by atoms with Crippen LogP contribution in [0.1, 0.15) is 5.56 Å². The van der Waals surface area contributed by atoms with Gasteiger partial charge in [0.25, 0.3) is 0 Å². The highest BCUT2D eigenvalue weighted by molar-refractivity contribution is 5.81. The molecule has 1 unspecified atom stereocenters. The van der Waals surface area contributed by atoms with Gasteiger partial charge in [-0.2, -0.15) is 0 Å². The SMILES string of the molecule is OCC(O)CNCCc1cccc2cccnc12. The highest BCUT2D eigenvalue weighted by atomic mass is 16.3. The largest absolute Gasteiger partial charge is 0.394 e. The molecule has 2 rings (SSSR count). The first-order chi connectivity index (χ1) is 8.81. The molecule has 1 aromatic carbocycles. The lowest BCUT2D eigenvalue weighted by molar-refractivity contribution is 0.0947. The van der Waals surface area contributed by atoms with E-state index in [1.807, 2.05) is 12.1 Å². The third kappa shape index (κ3) is 3.26. The van der Waals surface area contributed by atoms with Crippen molar-refractivity contribution in [3.05, 3.63) is 42.1 Å². The van der Waals surface area contributed by atoms with E-state index in [9.17, 15) is 5.11 Å². The average Bonchev–Trinajstić information content (AvgIpc) is 2.43. The summed E-state index contributed by atoms with van der Waals surface area (Å²) in [5, 5.41) is 22.1. The molecule has 1 atom stereocenters. The first-order valence-corrected chi connectivity index (χ1v) is 6.13. The fraction of sp³-hybridized carbons (Fsp3) is 0.357. The van der Waals surface area contributed by atoms with Crippen molar-refractivity contribution in [2.24, 2.45) is 0 Å². The molecule has 1 heterocycles. The van der Waals surface area contributed by atoms with Crippen molar-refractivity contribution in [2.45, 2.75) is 12.5 Å². The van der Waals surface area contributed by atoms with E-state index in [2.05, 4.69) is 28.5 Å². The Hall–Kier alpha value is -1.49. The van der Waals surface area contributed by atoms with Crippen LogP contribution in [0.3, 0.4) is 0 Å². The summed E-state index contributed by atoms with van der Waals surface area (Å²) in [6.45, 7) is 0.963. The number of aliphatic hydroxyl groups excluding tert-OH is 2. The van der Waals surface area contributed by atoms with E-state index in [1.165, 1.54) is 5.56 Å². The summed E-state index contributed by atoms with van der Waals surface area (Å²) in [5.41, 5.74) is 2.23. The lowest BCUT2D eigenvalue weighted by Gasteiger charge is -2.09. The Bertz CT molecular complexity index is 497. The van der Waals surface area contributed by atoms with Crippen LogP contribution in [0, 0.1) is 0 Å². The fourth-order valence-corrected chi connectivity index (χ4v) is 1.93. The molecule has 4 nitrogen and oxygen atoms in total. The summed E-state index contributed by atoms with van der Waals surface area (Å²) in [7, 11) is 0. The molecule has 0 aliphatic carbocycles. The predicted molar refractivity (Wildman–Crippen MR) is 71.4 cm³/mol. The molecule has 0 spiro atoms. The molecule has 0 saturated heterocycles. The van der Waals surface area contributed by atoms with Crippen LogP contribution >= 0.6 is 0 Å². The van der Waals surface area contributed by atoms with Crippen LogP contribution in [0.2, 0.25) is 0 Å². The predicted octanol–water partition coefficient (Wildman–Crippen LogP) is 0.720. The van der Waals surface area contributed by atoms with Crippen LogP contribution in [-0.4, -0.2) is 41.0 Å². The topological polar surface area (TPSA) is 65.4 Å². The Morgan fingerprint density at radius 1 is 1.22 bits per heavy atom. The van der Waals surface area contributed by atoms with Crippen molar-refractivity contribution < 1.29 is 10.2 Å². The Balaban J connectivity index is 1.95. The van der Waals surface area contributed by atoms with Gasteiger partial charge in [0.15, 0.2) is 0 Å². The minimum Gasteiger partial charge on any atom is -0.394 e. The van der Waals surface area contributed by atoms with Crippen molar-refractivity contribution in [1.29, 1.82) is 0 Å². The van der Waals surface area contributed by atoms with Gasteiger partial charge in [-0.3, -0.25) is 4.98 Å². The quantitative estimate of drug-likeness (QED) is 0.657. The molecular formula is C14H18N2O2. The molecule has 96 valence electrons. The van der Waals surface area contributed by atoms with Crippen molar-refractivity contribution in [3.8, 4) is 0 Å². The fourth-order valence-electron chi connectivity index (χ4n) is 1.93. The molecule has 18 heavy (non-hydrogen) atoms. The minimum atomic E-state index is -0.685. The zero-order chi connectivity index (χ0) is 12.8. The Morgan fingerprint density at radius 3 is 2.89 bits per heavy atom. The van der Waals surface area contributed by atoms with E-state index in [-0.39, 0.29) is 6.61 Å². The molecular weight excluding hydrogens is 228 g/mol. The molecule has 0 radical (unpaired) electrons. The van der Waals surface area contributed by atoms with Gasteiger partial charge in [0.1, 0.15) is 0 Å². The number of nitrogens with zero attached hydrogens (tertiary/aromatic N) is 1. The normalized spacial score (nSPS) is 12.8. The molecule has 4 heteroatoms. The number of benzene rings is 1. The molecule has 0 saturated carbocycles. The summed E-state index contributed by atoms with van der Waals surface area (Å²) in [4.78, 5) is 4.39. The van der Waals surface area contributed by atoms with Gasteiger partial charge in [0.2, 0.25) is 0 Å². The second-order valence-corrected chi connectivity index (χ2v) is 4.28. The van der Waals surface area contributed by atoms with Gasteiger partial charge < -0.3 is 15.5 Å². The molecule has 0 aliphatic rings. The van der Waals surface area contributed by atoms with Gasteiger partial charge in [-0.05, 0) is 24.6 Å². The molecule has 0 amide bonds. The number of hydrogen-bond donors (Lipinski definition) is 3. The van der Waals surface area contributed by atoms with Gasteiger partial charge in [-0.25, -0.2) is 0 Å². The van der Waals surface area contributed by atoms with E-state index in [0.29, 0.717) is 6.54 Å². The second-order valence-electron chi connectivity index (χ2n) is 4.28. The highest BCUT2D eigenvalue weighted by Crippen LogP contribution is 2.15. The lowest BCUT2D eigenvalue weighted by atomic mass is 10.1. The van der Waals surface area contributed by atoms with Gasteiger partial charge in [0.05, 0.1) is 18.2 Å². The molecule has 0 aliphatic heterocycles. The number of para-hydroxylation sites is 1. The average molecular weight is 246 g/mol. The summed E-state index contributed by atoms with van der Waals surface area (Å²) >= 11 is 0. The van der Waals surface area contributed by atoms with Crippen LogP contribution in [-0.2, 0) is 6.42 Å². The van der Waals surface area contributed by atoms with E-state index < -0.39 is 6.10 Å². The molecule has 1 aromatic heterocycles. The standard InChI is InChI=1S/C14H18N2O2/c17-10-13(18)9-15-8-6-12-4-1-3-11-5-2-7-16-14(11)12/h1-5,7,13,15,17-18H,6,8-10H2. The monoisotopic (exact) mass is 246 g/mol.